The van der Waals surface area contributed by atoms with Crippen LogP contribution in [0.2, 0.25) is 0 Å². The summed E-state index contributed by atoms with van der Waals surface area (Å²) in [7, 11) is 0. The van der Waals surface area contributed by atoms with Crippen molar-refractivity contribution in [1.29, 1.82) is 0 Å². The molecule has 0 N–H and O–H groups in total. The lowest BCUT2D eigenvalue weighted by Gasteiger charge is -1.98. The van der Waals surface area contributed by atoms with E-state index in [0.717, 1.165) is 24.9 Å². The number of carbonyl (C=O) groups excluding carboxylic acids is 1. The maximum Gasteiger partial charge on any atom is 0.167 e. The fourth-order valence-corrected chi connectivity index (χ4v) is 2.37. The molecule has 1 saturated carbocycles. The highest BCUT2D eigenvalue weighted by Gasteiger charge is 2.30. The van der Waals surface area contributed by atoms with Crippen LogP contribution in [0, 0.1) is 5.92 Å². The molecule has 16 heavy (non-hydrogen) atoms. The fourth-order valence-electron chi connectivity index (χ4n) is 1.77. The second-order valence-electron chi connectivity index (χ2n) is 4.18. The lowest BCUT2D eigenvalue weighted by atomic mass is 10.1. The van der Waals surface area contributed by atoms with Crippen molar-refractivity contribution in [3.63, 3.8) is 0 Å². The molecule has 3 nitrogen and oxygen atoms in total. The summed E-state index contributed by atoms with van der Waals surface area (Å²) in [6.45, 7) is 0.808. The maximum absolute atomic E-state index is 11.8. The Morgan fingerprint density at radius 3 is 3.12 bits per heavy atom. The third-order valence-electron chi connectivity index (χ3n) is 2.81. The molecule has 0 aliphatic heterocycles. The predicted molar refractivity (Wildman–Crippen MR) is 62.7 cm³/mol. The van der Waals surface area contributed by atoms with Crippen molar-refractivity contribution in [1.82, 2.24) is 9.55 Å². The molecule has 0 radical (unpaired) electrons. The van der Waals surface area contributed by atoms with Crippen molar-refractivity contribution in [2.45, 2.75) is 19.4 Å². The zero-order valence-corrected chi connectivity index (χ0v) is 9.61. The second-order valence-corrected chi connectivity index (χ2v) is 5.15. The minimum absolute atomic E-state index is 0.305. The Bertz CT molecular complexity index is 497. The number of ketones is 1. The van der Waals surface area contributed by atoms with Gasteiger partial charge < -0.3 is 4.57 Å². The molecule has 0 spiro atoms. The molecule has 0 amide bonds. The van der Waals surface area contributed by atoms with Crippen molar-refractivity contribution < 1.29 is 4.79 Å². The highest BCUT2D eigenvalue weighted by Crippen LogP contribution is 2.32. The third-order valence-corrected chi connectivity index (χ3v) is 3.57. The highest BCUT2D eigenvalue weighted by molar-refractivity contribution is 7.09. The molecule has 4 heteroatoms. The van der Waals surface area contributed by atoms with Crippen molar-refractivity contribution in [3.8, 4) is 0 Å². The zero-order chi connectivity index (χ0) is 11.0. The first-order valence-corrected chi connectivity index (χ1v) is 6.28. The van der Waals surface area contributed by atoms with Gasteiger partial charge in [-0.3, -0.25) is 9.78 Å². The van der Waals surface area contributed by atoms with Crippen LogP contribution in [0.1, 0.15) is 28.1 Å². The Hall–Kier alpha value is -1.42. The van der Waals surface area contributed by atoms with Crippen LogP contribution in [-0.2, 0) is 6.54 Å². The Balaban J connectivity index is 1.74. The molecule has 82 valence electrons. The Labute approximate surface area is 97.7 Å². The van der Waals surface area contributed by atoms with Crippen molar-refractivity contribution in [2.75, 3.05) is 0 Å². The van der Waals surface area contributed by atoms with Gasteiger partial charge in [0, 0.05) is 34.9 Å². The molecular weight excluding hydrogens is 220 g/mol. The number of hydrogen-bond donors (Lipinski definition) is 0. The Kier molecular flexibility index (Phi) is 2.36. The van der Waals surface area contributed by atoms with Gasteiger partial charge in [-0.15, -0.1) is 11.3 Å². The van der Waals surface area contributed by atoms with Crippen molar-refractivity contribution in [2.24, 2.45) is 5.92 Å². The molecule has 0 atom stereocenters. The maximum atomic E-state index is 11.8. The summed E-state index contributed by atoms with van der Waals surface area (Å²) < 4.78 is 2.04. The van der Waals surface area contributed by atoms with Crippen LogP contribution in [0.5, 0.6) is 0 Å². The lowest BCUT2D eigenvalue weighted by molar-refractivity contribution is 0.0967. The molecule has 0 saturated heterocycles. The highest BCUT2D eigenvalue weighted by atomic mass is 32.1. The zero-order valence-electron chi connectivity index (χ0n) is 8.80. The van der Waals surface area contributed by atoms with E-state index in [4.69, 9.17) is 0 Å². The first kappa shape index (κ1) is 9.78. The van der Waals surface area contributed by atoms with Crippen molar-refractivity contribution >= 4 is 17.1 Å². The quantitative estimate of drug-likeness (QED) is 0.759. The van der Waals surface area contributed by atoms with E-state index in [1.165, 1.54) is 4.88 Å². The molecule has 2 heterocycles. The van der Waals surface area contributed by atoms with Crippen molar-refractivity contribution in [3.05, 3.63) is 40.6 Å². The molecule has 1 fully saturated rings. The Morgan fingerprint density at radius 2 is 2.44 bits per heavy atom. The molecule has 1 aliphatic carbocycles. The summed E-state index contributed by atoms with van der Waals surface area (Å²) in [4.78, 5) is 17.0. The normalized spacial score (nSPS) is 15.2. The number of rotatable bonds is 4. The molecule has 0 aromatic carbocycles. The van der Waals surface area contributed by atoms with Gasteiger partial charge in [0.15, 0.2) is 5.78 Å². The molecule has 2 aromatic rings. The van der Waals surface area contributed by atoms with E-state index < -0.39 is 0 Å². The fraction of sp³-hybridized carbons (Fsp3) is 0.333. The summed E-state index contributed by atoms with van der Waals surface area (Å²) in [5, 5.41) is 0. The van der Waals surface area contributed by atoms with Crippen LogP contribution >= 0.6 is 11.3 Å². The van der Waals surface area contributed by atoms with Gasteiger partial charge in [0.25, 0.3) is 0 Å². The van der Waals surface area contributed by atoms with E-state index in [-0.39, 0.29) is 0 Å². The monoisotopic (exact) mass is 232 g/mol. The summed E-state index contributed by atoms with van der Waals surface area (Å²) in [5.74, 6) is 0.613. The summed E-state index contributed by atoms with van der Waals surface area (Å²) in [5.41, 5.74) is 2.68. The summed E-state index contributed by atoms with van der Waals surface area (Å²) in [6, 6.07) is 1.92. The lowest BCUT2D eigenvalue weighted by Crippen LogP contribution is -2.00. The summed E-state index contributed by atoms with van der Waals surface area (Å²) >= 11 is 1.64. The van der Waals surface area contributed by atoms with Gasteiger partial charge in [-0.25, -0.2) is 0 Å². The van der Waals surface area contributed by atoms with Crippen LogP contribution in [0.4, 0.5) is 0 Å². The van der Waals surface area contributed by atoms with Crippen LogP contribution in [0.15, 0.2) is 30.2 Å². The van der Waals surface area contributed by atoms with Crippen LogP contribution in [0.3, 0.4) is 0 Å². The minimum Gasteiger partial charge on any atom is -0.348 e. The minimum atomic E-state index is 0.305. The molecule has 3 rings (SSSR count). The van der Waals surface area contributed by atoms with E-state index in [1.807, 2.05) is 34.7 Å². The number of carbonyl (C=O) groups is 1. The van der Waals surface area contributed by atoms with E-state index >= 15 is 0 Å². The second kappa shape index (κ2) is 3.87. The molecule has 1 aliphatic rings. The molecule has 0 unspecified atom stereocenters. The largest absolute Gasteiger partial charge is 0.348 e. The van der Waals surface area contributed by atoms with Gasteiger partial charge in [-0.05, 0) is 18.9 Å². The van der Waals surface area contributed by atoms with E-state index in [9.17, 15) is 4.79 Å². The van der Waals surface area contributed by atoms with Gasteiger partial charge in [0.05, 0.1) is 12.1 Å². The number of nitrogens with zero attached hydrogens (tertiary/aromatic N) is 2. The molecule has 2 aromatic heterocycles. The van der Waals surface area contributed by atoms with Crippen LogP contribution in [-0.4, -0.2) is 15.3 Å². The third kappa shape index (κ3) is 1.93. The smallest absolute Gasteiger partial charge is 0.167 e. The molecule has 0 bridgehead atoms. The van der Waals surface area contributed by atoms with Gasteiger partial charge >= 0.3 is 0 Å². The first-order valence-electron chi connectivity index (χ1n) is 5.40. The van der Waals surface area contributed by atoms with E-state index in [1.54, 1.807) is 11.3 Å². The predicted octanol–water partition coefficient (Wildman–Crippen LogP) is 2.59. The molecular formula is C12H12N2OS. The standard InChI is InChI=1S/C12H12N2OS/c15-12(9-1-2-9)10-3-4-14(6-10)7-11-5-13-8-16-11/h3-6,8-9H,1-2,7H2. The van der Waals surface area contributed by atoms with Gasteiger partial charge in [-0.1, -0.05) is 0 Å². The number of hydrogen-bond acceptors (Lipinski definition) is 3. The Morgan fingerprint density at radius 1 is 1.56 bits per heavy atom. The van der Waals surface area contributed by atoms with Crippen LogP contribution < -0.4 is 0 Å². The average molecular weight is 232 g/mol. The number of Topliss-reactive ketones (excluding diaryl/α,β-unsaturated/α-hetero) is 1. The SMILES string of the molecule is O=C(c1ccn(Cc2cncs2)c1)C1CC1. The van der Waals surface area contributed by atoms with Gasteiger partial charge in [0.1, 0.15) is 0 Å². The van der Waals surface area contributed by atoms with Gasteiger partial charge in [0.2, 0.25) is 0 Å². The average Bonchev–Trinajstić information content (AvgIpc) is 2.82. The van der Waals surface area contributed by atoms with Gasteiger partial charge in [-0.2, -0.15) is 0 Å². The topological polar surface area (TPSA) is 34.9 Å². The first-order chi connectivity index (χ1) is 7.83. The van der Waals surface area contributed by atoms with Crippen LogP contribution in [0.25, 0.3) is 0 Å². The van der Waals surface area contributed by atoms with E-state index in [0.29, 0.717) is 11.7 Å². The number of aromatic nitrogens is 2. The number of thiazole rings is 1. The summed E-state index contributed by atoms with van der Waals surface area (Å²) in [6.07, 6.45) is 7.92. The van der Waals surface area contributed by atoms with E-state index in [2.05, 4.69) is 4.98 Å².